The van der Waals surface area contributed by atoms with Crippen LogP contribution < -0.4 is 5.32 Å². The summed E-state index contributed by atoms with van der Waals surface area (Å²) < 4.78 is 1.86. The highest BCUT2D eigenvalue weighted by Crippen LogP contribution is 2.26. The molecule has 3 rings (SSSR count). The van der Waals surface area contributed by atoms with Crippen molar-refractivity contribution in [3.05, 3.63) is 29.0 Å². The SMILES string of the molecule is CC(Cl)c1nc2cc(Cl)ccc2n1CC(=O)NC1CC1. The average Bonchev–Trinajstić information content (AvgIpc) is 3.11. The zero-order valence-corrected chi connectivity index (χ0v) is 12.6. The molecule has 1 aliphatic carbocycles. The number of nitrogens with one attached hydrogen (secondary N) is 1. The minimum atomic E-state index is -0.269. The molecule has 6 heteroatoms. The lowest BCUT2D eigenvalue weighted by Crippen LogP contribution is -2.29. The molecule has 1 N–H and O–H groups in total. The smallest absolute Gasteiger partial charge is 0.240 e. The van der Waals surface area contributed by atoms with Crippen LogP contribution in [-0.4, -0.2) is 21.5 Å². The van der Waals surface area contributed by atoms with Crippen molar-refractivity contribution in [2.24, 2.45) is 0 Å². The molecule has 1 aromatic carbocycles. The number of benzene rings is 1. The maximum atomic E-state index is 12.0. The Kier molecular flexibility index (Phi) is 3.61. The first kappa shape index (κ1) is 13.7. The van der Waals surface area contributed by atoms with E-state index in [0.717, 1.165) is 23.9 Å². The van der Waals surface area contributed by atoms with Crippen LogP contribution in [0.2, 0.25) is 5.02 Å². The number of rotatable bonds is 4. The van der Waals surface area contributed by atoms with Gasteiger partial charge in [-0.1, -0.05) is 11.6 Å². The molecule has 1 atom stereocenters. The minimum Gasteiger partial charge on any atom is -0.352 e. The van der Waals surface area contributed by atoms with Gasteiger partial charge in [0, 0.05) is 11.1 Å². The number of aromatic nitrogens is 2. The molecule has 20 heavy (non-hydrogen) atoms. The standard InChI is InChI=1S/C14H15Cl2N3O/c1-8(15)14-18-11-6-9(16)2-5-12(11)19(14)7-13(20)17-10-3-4-10/h2,5-6,8,10H,3-4,7H2,1H3,(H,17,20). The minimum absolute atomic E-state index is 0.000293. The second-order valence-electron chi connectivity index (χ2n) is 5.15. The summed E-state index contributed by atoms with van der Waals surface area (Å²) in [6, 6.07) is 5.81. The molecule has 1 fully saturated rings. The van der Waals surface area contributed by atoms with E-state index >= 15 is 0 Å². The second-order valence-corrected chi connectivity index (χ2v) is 6.24. The van der Waals surface area contributed by atoms with E-state index in [-0.39, 0.29) is 17.8 Å². The van der Waals surface area contributed by atoms with Gasteiger partial charge in [-0.15, -0.1) is 11.6 Å². The number of carbonyl (C=O) groups excluding carboxylic acids is 1. The summed E-state index contributed by atoms with van der Waals surface area (Å²) in [5.74, 6) is 0.690. The fraction of sp³-hybridized carbons (Fsp3) is 0.429. The predicted molar refractivity (Wildman–Crippen MR) is 80.2 cm³/mol. The number of hydrogen-bond donors (Lipinski definition) is 1. The van der Waals surface area contributed by atoms with Crippen molar-refractivity contribution in [2.45, 2.75) is 37.7 Å². The molecule has 0 spiro atoms. The fourth-order valence-electron chi connectivity index (χ4n) is 2.24. The van der Waals surface area contributed by atoms with Crippen LogP contribution in [-0.2, 0) is 11.3 Å². The lowest BCUT2D eigenvalue weighted by molar-refractivity contribution is -0.121. The van der Waals surface area contributed by atoms with Crippen LogP contribution in [0.4, 0.5) is 0 Å². The van der Waals surface area contributed by atoms with Gasteiger partial charge in [-0.05, 0) is 38.0 Å². The van der Waals surface area contributed by atoms with E-state index in [1.54, 1.807) is 12.1 Å². The molecule has 1 saturated carbocycles. The molecule has 4 nitrogen and oxygen atoms in total. The zero-order valence-electron chi connectivity index (χ0n) is 11.1. The van der Waals surface area contributed by atoms with Crippen LogP contribution in [0.25, 0.3) is 11.0 Å². The van der Waals surface area contributed by atoms with Crippen molar-refractivity contribution in [1.29, 1.82) is 0 Å². The average molecular weight is 312 g/mol. The van der Waals surface area contributed by atoms with Gasteiger partial charge in [0.15, 0.2) is 0 Å². The van der Waals surface area contributed by atoms with Crippen LogP contribution in [0.5, 0.6) is 0 Å². The summed E-state index contributed by atoms with van der Waals surface area (Å²) in [6.45, 7) is 2.08. The highest BCUT2D eigenvalue weighted by Gasteiger charge is 2.24. The summed E-state index contributed by atoms with van der Waals surface area (Å²) in [7, 11) is 0. The molecular weight excluding hydrogens is 297 g/mol. The first-order valence-electron chi connectivity index (χ1n) is 6.63. The van der Waals surface area contributed by atoms with Crippen LogP contribution in [0.15, 0.2) is 18.2 Å². The number of hydrogen-bond acceptors (Lipinski definition) is 2. The van der Waals surface area contributed by atoms with E-state index in [2.05, 4.69) is 10.3 Å². The number of nitrogens with zero attached hydrogens (tertiary/aromatic N) is 2. The van der Waals surface area contributed by atoms with E-state index in [1.165, 1.54) is 0 Å². The van der Waals surface area contributed by atoms with E-state index in [0.29, 0.717) is 16.9 Å². The molecule has 0 saturated heterocycles. The molecular formula is C14H15Cl2N3O. The Morgan fingerprint density at radius 3 is 2.95 bits per heavy atom. The van der Waals surface area contributed by atoms with Crippen LogP contribution in [0.3, 0.4) is 0 Å². The van der Waals surface area contributed by atoms with Crippen molar-refractivity contribution in [3.63, 3.8) is 0 Å². The third kappa shape index (κ3) is 2.76. The monoisotopic (exact) mass is 311 g/mol. The van der Waals surface area contributed by atoms with Crippen LogP contribution in [0.1, 0.15) is 31.0 Å². The van der Waals surface area contributed by atoms with Crippen molar-refractivity contribution in [1.82, 2.24) is 14.9 Å². The fourth-order valence-corrected chi connectivity index (χ4v) is 2.57. The Hall–Kier alpha value is -1.26. The van der Waals surface area contributed by atoms with Gasteiger partial charge >= 0.3 is 0 Å². The van der Waals surface area contributed by atoms with E-state index in [1.807, 2.05) is 17.6 Å². The largest absolute Gasteiger partial charge is 0.352 e. The maximum Gasteiger partial charge on any atom is 0.240 e. The van der Waals surface area contributed by atoms with E-state index < -0.39 is 0 Å². The highest BCUT2D eigenvalue weighted by molar-refractivity contribution is 6.31. The predicted octanol–water partition coefficient (Wildman–Crippen LogP) is 3.27. The number of fused-ring (bicyclic) bond motifs is 1. The number of halogens is 2. The van der Waals surface area contributed by atoms with E-state index in [9.17, 15) is 4.79 Å². The maximum absolute atomic E-state index is 12.0. The van der Waals surface area contributed by atoms with E-state index in [4.69, 9.17) is 23.2 Å². The number of carbonyl (C=O) groups is 1. The molecule has 1 aliphatic rings. The normalized spacial score (nSPS) is 16.4. The van der Waals surface area contributed by atoms with Gasteiger partial charge in [-0.3, -0.25) is 4.79 Å². The van der Waals surface area contributed by atoms with Gasteiger partial charge in [0.1, 0.15) is 12.4 Å². The first-order valence-corrected chi connectivity index (χ1v) is 7.45. The summed E-state index contributed by atoms with van der Waals surface area (Å²) in [5, 5.41) is 3.33. The Balaban J connectivity index is 1.97. The molecule has 0 radical (unpaired) electrons. The third-order valence-electron chi connectivity index (χ3n) is 3.34. The van der Waals surface area contributed by atoms with Gasteiger partial charge in [-0.25, -0.2) is 4.98 Å². The second kappa shape index (κ2) is 5.26. The number of imidazole rings is 1. The lowest BCUT2D eigenvalue weighted by Gasteiger charge is -2.10. The van der Waals surface area contributed by atoms with Crippen LogP contribution >= 0.6 is 23.2 Å². The molecule has 1 heterocycles. The van der Waals surface area contributed by atoms with Gasteiger partial charge < -0.3 is 9.88 Å². The lowest BCUT2D eigenvalue weighted by atomic mass is 10.3. The van der Waals surface area contributed by atoms with Crippen molar-refractivity contribution >= 4 is 40.1 Å². The Labute approximate surface area is 127 Å². The van der Waals surface area contributed by atoms with Crippen molar-refractivity contribution in [3.8, 4) is 0 Å². The number of alkyl halides is 1. The first-order chi connectivity index (χ1) is 9.54. The third-order valence-corrected chi connectivity index (χ3v) is 3.77. The van der Waals surface area contributed by atoms with Gasteiger partial charge in [-0.2, -0.15) is 0 Å². The Morgan fingerprint density at radius 1 is 1.55 bits per heavy atom. The van der Waals surface area contributed by atoms with Gasteiger partial charge in [0.2, 0.25) is 5.91 Å². The van der Waals surface area contributed by atoms with Crippen LogP contribution in [0, 0.1) is 0 Å². The zero-order chi connectivity index (χ0) is 14.3. The Bertz CT molecular complexity index is 662. The Morgan fingerprint density at radius 2 is 2.30 bits per heavy atom. The molecule has 1 aromatic heterocycles. The molecule has 0 bridgehead atoms. The number of amides is 1. The molecule has 106 valence electrons. The molecule has 0 aliphatic heterocycles. The van der Waals surface area contributed by atoms with Gasteiger partial charge in [0.25, 0.3) is 0 Å². The topological polar surface area (TPSA) is 46.9 Å². The van der Waals surface area contributed by atoms with Crippen molar-refractivity contribution < 1.29 is 4.79 Å². The molecule has 2 aromatic rings. The molecule has 1 unspecified atom stereocenters. The van der Waals surface area contributed by atoms with Gasteiger partial charge in [0.05, 0.1) is 16.4 Å². The quantitative estimate of drug-likeness (QED) is 0.881. The summed E-state index contributed by atoms with van der Waals surface area (Å²) >= 11 is 12.2. The summed E-state index contributed by atoms with van der Waals surface area (Å²) in [4.78, 5) is 16.5. The summed E-state index contributed by atoms with van der Waals surface area (Å²) in [5.41, 5.74) is 1.64. The van der Waals surface area contributed by atoms with Crippen molar-refractivity contribution in [2.75, 3.05) is 0 Å². The molecule has 1 amide bonds. The summed E-state index contributed by atoms with van der Waals surface area (Å²) in [6.07, 6.45) is 2.15. The highest BCUT2D eigenvalue weighted by atomic mass is 35.5.